The maximum absolute atomic E-state index is 12.4. The molecule has 1 rings (SSSR count). The van der Waals surface area contributed by atoms with Crippen LogP contribution in [0.15, 0.2) is 23.4 Å². The topological polar surface area (TPSA) is 74.6 Å². The molecular weight excluding hydrogens is 263 g/mol. The quantitative estimate of drug-likeness (QED) is 0.650. The number of hydrazone groups is 1. The minimum Gasteiger partial charge on any atom is -0.476 e. The van der Waals surface area contributed by atoms with Crippen LogP contribution in [-0.4, -0.2) is 21.2 Å². The molecule has 0 aliphatic carbocycles. The molecule has 92 valence electrons. The summed E-state index contributed by atoms with van der Waals surface area (Å²) in [5, 5.41) is 10.5. The zero-order chi connectivity index (χ0) is 13.1. The number of alkyl halides is 3. The van der Waals surface area contributed by atoms with Gasteiger partial charge in [-0.05, 0) is 12.1 Å². The lowest BCUT2D eigenvalue weighted by atomic mass is 10.3. The first-order valence-electron chi connectivity index (χ1n) is 4.07. The van der Waals surface area contributed by atoms with E-state index in [9.17, 15) is 18.0 Å². The van der Waals surface area contributed by atoms with Gasteiger partial charge in [-0.15, -0.1) is 0 Å². The SMILES string of the molecule is O=C(O)/C(Cl)=N/Nc1cccnc1C(F)(F)F. The van der Waals surface area contributed by atoms with E-state index in [4.69, 9.17) is 16.7 Å². The average molecular weight is 268 g/mol. The molecule has 0 saturated heterocycles. The Hall–Kier alpha value is -1.83. The molecule has 0 radical (unpaired) electrons. The van der Waals surface area contributed by atoms with E-state index in [1.807, 2.05) is 5.43 Å². The number of rotatable bonds is 3. The van der Waals surface area contributed by atoms with Crippen LogP contribution in [0.2, 0.25) is 0 Å². The summed E-state index contributed by atoms with van der Waals surface area (Å²) in [6, 6.07) is 2.28. The van der Waals surface area contributed by atoms with E-state index in [1.54, 1.807) is 0 Å². The Labute approximate surface area is 97.9 Å². The molecule has 0 fully saturated rings. The van der Waals surface area contributed by atoms with Crippen molar-refractivity contribution in [2.24, 2.45) is 5.10 Å². The molecule has 0 spiro atoms. The molecule has 0 aliphatic heterocycles. The van der Waals surface area contributed by atoms with Gasteiger partial charge in [-0.3, -0.25) is 5.43 Å². The summed E-state index contributed by atoms with van der Waals surface area (Å²) in [6.07, 6.45) is -3.72. The number of hydrogen-bond donors (Lipinski definition) is 2. The standard InChI is InChI=1S/C8H5ClF3N3O2/c9-6(7(16)17)15-14-4-2-1-3-13-5(4)8(10,11)12/h1-3,14H,(H,16,17)/b15-6-. The van der Waals surface area contributed by atoms with Gasteiger partial charge in [0.05, 0.1) is 5.69 Å². The third kappa shape index (κ3) is 3.59. The lowest BCUT2D eigenvalue weighted by molar-refractivity contribution is -0.140. The van der Waals surface area contributed by atoms with Gasteiger partial charge in [-0.25, -0.2) is 9.78 Å². The lowest BCUT2D eigenvalue weighted by Crippen LogP contribution is -2.13. The molecule has 0 aliphatic rings. The highest BCUT2D eigenvalue weighted by atomic mass is 35.5. The first-order chi connectivity index (χ1) is 7.82. The second-order valence-corrected chi connectivity index (χ2v) is 3.07. The second-order valence-electron chi connectivity index (χ2n) is 2.72. The number of carboxylic acids is 1. The molecule has 1 aromatic heterocycles. The van der Waals surface area contributed by atoms with Crippen LogP contribution in [0.4, 0.5) is 18.9 Å². The largest absolute Gasteiger partial charge is 0.476 e. The molecule has 0 unspecified atom stereocenters. The molecule has 0 aromatic carbocycles. The first kappa shape index (κ1) is 13.2. The summed E-state index contributed by atoms with van der Waals surface area (Å²) in [6.45, 7) is 0. The average Bonchev–Trinajstić information content (AvgIpc) is 2.24. The van der Waals surface area contributed by atoms with E-state index in [0.29, 0.717) is 0 Å². The van der Waals surface area contributed by atoms with E-state index in [2.05, 4.69) is 10.1 Å². The molecule has 0 saturated carbocycles. The van der Waals surface area contributed by atoms with Crippen molar-refractivity contribution >= 4 is 28.4 Å². The van der Waals surface area contributed by atoms with Crippen LogP contribution in [-0.2, 0) is 11.0 Å². The number of pyridine rings is 1. The number of halogens is 4. The van der Waals surface area contributed by atoms with Crippen molar-refractivity contribution in [3.63, 3.8) is 0 Å². The summed E-state index contributed by atoms with van der Waals surface area (Å²) < 4.78 is 37.3. The molecule has 9 heteroatoms. The molecular formula is C8H5ClF3N3O2. The van der Waals surface area contributed by atoms with Crippen LogP contribution in [0, 0.1) is 0 Å². The summed E-state index contributed by atoms with van der Waals surface area (Å²) in [5.74, 6) is -1.56. The number of carbonyl (C=O) groups is 1. The summed E-state index contributed by atoms with van der Waals surface area (Å²) >= 11 is 5.12. The van der Waals surface area contributed by atoms with Gasteiger partial charge < -0.3 is 5.11 Å². The fraction of sp³-hybridized carbons (Fsp3) is 0.125. The summed E-state index contributed by atoms with van der Waals surface area (Å²) in [4.78, 5) is 13.4. The highest BCUT2D eigenvalue weighted by molar-refractivity contribution is 6.81. The fourth-order valence-corrected chi connectivity index (χ4v) is 0.921. The van der Waals surface area contributed by atoms with Crippen molar-refractivity contribution in [1.82, 2.24) is 4.98 Å². The van der Waals surface area contributed by atoms with Gasteiger partial charge in [0, 0.05) is 6.20 Å². The Bertz CT molecular complexity index is 462. The zero-order valence-corrected chi connectivity index (χ0v) is 8.75. The second kappa shape index (κ2) is 5.00. The summed E-state index contributed by atoms with van der Waals surface area (Å²) in [7, 11) is 0. The van der Waals surface area contributed by atoms with Crippen molar-refractivity contribution in [2.45, 2.75) is 6.18 Å². The maximum atomic E-state index is 12.4. The minimum absolute atomic E-state index is 0.487. The fourth-order valence-electron chi connectivity index (χ4n) is 0.879. The molecule has 17 heavy (non-hydrogen) atoms. The van der Waals surface area contributed by atoms with Crippen molar-refractivity contribution in [1.29, 1.82) is 0 Å². The van der Waals surface area contributed by atoms with Crippen LogP contribution in [0.1, 0.15) is 5.69 Å². The number of hydrogen-bond acceptors (Lipinski definition) is 4. The third-order valence-corrected chi connectivity index (χ3v) is 1.77. The number of anilines is 1. The zero-order valence-electron chi connectivity index (χ0n) is 7.99. The molecule has 5 nitrogen and oxygen atoms in total. The van der Waals surface area contributed by atoms with Crippen LogP contribution in [0.25, 0.3) is 0 Å². The lowest BCUT2D eigenvalue weighted by Gasteiger charge is -2.10. The molecule has 1 aromatic rings. The van der Waals surface area contributed by atoms with Crippen LogP contribution in [0.3, 0.4) is 0 Å². The Morgan fingerprint density at radius 3 is 2.71 bits per heavy atom. The van der Waals surface area contributed by atoms with E-state index in [1.165, 1.54) is 6.07 Å². The van der Waals surface area contributed by atoms with Crippen LogP contribution in [0.5, 0.6) is 0 Å². The predicted octanol–water partition coefficient (Wildman–Crippen LogP) is 2.15. The Kier molecular flexibility index (Phi) is 3.89. The van der Waals surface area contributed by atoms with E-state index < -0.39 is 28.7 Å². The highest BCUT2D eigenvalue weighted by Gasteiger charge is 2.35. The smallest absolute Gasteiger partial charge is 0.435 e. The van der Waals surface area contributed by atoms with E-state index >= 15 is 0 Å². The first-order valence-corrected chi connectivity index (χ1v) is 4.45. The Morgan fingerprint density at radius 2 is 2.18 bits per heavy atom. The maximum Gasteiger partial charge on any atom is 0.435 e. The molecule has 1 heterocycles. The van der Waals surface area contributed by atoms with Crippen LogP contribution < -0.4 is 5.43 Å². The predicted molar refractivity (Wildman–Crippen MR) is 53.8 cm³/mol. The van der Waals surface area contributed by atoms with Gasteiger partial charge in [-0.1, -0.05) is 11.6 Å². The Morgan fingerprint density at radius 1 is 1.53 bits per heavy atom. The van der Waals surface area contributed by atoms with Crippen molar-refractivity contribution < 1.29 is 23.1 Å². The number of carboxylic acid groups (broad SMARTS) is 1. The summed E-state index contributed by atoms with van der Waals surface area (Å²) in [5.41, 5.74) is 0.197. The van der Waals surface area contributed by atoms with Gasteiger partial charge in [0.2, 0.25) is 5.17 Å². The number of nitrogens with one attached hydrogen (secondary N) is 1. The van der Waals surface area contributed by atoms with Gasteiger partial charge in [-0.2, -0.15) is 18.3 Å². The number of nitrogens with zero attached hydrogens (tertiary/aromatic N) is 2. The normalized spacial score (nSPS) is 12.4. The molecule has 0 bridgehead atoms. The van der Waals surface area contributed by atoms with Gasteiger partial charge in [0.15, 0.2) is 5.69 Å². The third-order valence-electron chi connectivity index (χ3n) is 1.53. The van der Waals surface area contributed by atoms with Crippen molar-refractivity contribution in [3.8, 4) is 0 Å². The van der Waals surface area contributed by atoms with Crippen molar-refractivity contribution in [2.75, 3.05) is 5.43 Å². The van der Waals surface area contributed by atoms with Gasteiger partial charge in [0.25, 0.3) is 0 Å². The molecule has 2 N–H and O–H groups in total. The van der Waals surface area contributed by atoms with Gasteiger partial charge >= 0.3 is 12.1 Å². The monoisotopic (exact) mass is 267 g/mol. The van der Waals surface area contributed by atoms with Crippen LogP contribution >= 0.6 is 11.6 Å². The Balaban J connectivity index is 3.00. The van der Waals surface area contributed by atoms with E-state index in [0.717, 1.165) is 12.3 Å². The van der Waals surface area contributed by atoms with Gasteiger partial charge in [0.1, 0.15) is 0 Å². The number of aromatic nitrogens is 1. The number of aliphatic carboxylic acids is 1. The highest BCUT2D eigenvalue weighted by Crippen LogP contribution is 2.32. The van der Waals surface area contributed by atoms with E-state index in [-0.39, 0.29) is 0 Å². The molecule has 0 atom stereocenters. The van der Waals surface area contributed by atoms with Crippen molar-refractivity contribution in [3.05, 3.63) is 24.0 Å². The molecule has 0 amide bonds. The minimum atomic E-state index is -4.67.